The van der Waals surface area contributed by atoms with Crippen LogP contribution >= 0.6 is 0 Å². The van der Waals surface area contributed by atoms with E-state index in [-0.39, 0.29) is 12.2 Å². The third-order valence-corrected chi connectivity index (χ3v) is 5.80. The summed E-state index contributed by atoms with van der Waals surface area (Å²) in [6.45, 7) is 2.69. The summed E-state index contributed by atoms with van der Waals surface area (Å²) >= 11 is 0. The predicted octanol–water partition coefficient (Wildman–Crippen LogP) is 3.41. The molecule has 0 fully saturated rings. The quantitative estimate of drug-likeness (QED) is 0.317. The molecule has 150 valence electrons. The lowest BCUT2D eigenvalue weighted by molar-refractivity contribution is -0.139. The third kappa shape index (κ3) is 15.3. The number of sulfonamides is 1. The topological polar surface area (TPSA) is 109 Å². The lowest BCUT2D eigenvalue weighted by Crippen LogP contribution is -2.41. The Hall–Kier alpha value is -0.660. The fourth-order valence-corrected chi connectivity index (χ4v) is 4.13. The molecule has 0 aromatic rings. The van der Waals surface area contributed by atoms with Crippen molar-refractivity contribution >= 4 is 16.0 Å². The molecule has 0 unspecified atom stereocenters. The van der Waals surface area contributed by atoms with Gasteiger partial charge in [0.15, 0.2) is 0 Å². The fourth-order valence-electron chi connectivity index (χ4n) is 2.78. The van der Waals surface area contributed by atoms with Gasteiger partial charge in [0.05, 0.1) is 5.75 Å². The molecule has 7 heteroatoms. The minimum atomic E-state index is -3.53. The zero-order valence-corrected chi connectivity index (χ0v) is 16.7. The molecule has 0 rings (SSSR count). The maximum absolute atomic E-state index is 12.0. The summed E-state index contributed by atoms with van der Waals surface area (Å²) in [4.78, 5) is 11.2. The highest BCUT2D eigenvalue weighted by Gasteiger charge is 2.23. The van der Waals surface area contributed by atoms with E-state index in [4.69, 9.17) is 10.8 Å². The van der Waals surface area contributed by atoms with E-state index in [9.17, 15) is 13.2 Å². The molecular formula is C18H38N2O4S. The Labute approximate surface area is 154 Å². The molecule has 0 radical (unpaired) electrons. The first-order valence-corrected chi connectivity index (χ1v) is 11.5. The molecule has 6 nitrogen and oxygen atoms in total. The molecule has 0 aliphatic heterocycles. The molecule has 0 aliphatic rings. The molecule has 0 saturated carbocycles. The summed E-state index contributed by atoms with van der Waals surface area (Å²) in [5, 5.41) is 9.12. The number of carboxylic acids is 1. The van der Waals surface area contributed by atoms with Crippen LogP contribution in [0, 0.1) is 0 Å². The van der Waals surface area contributed by atoms with E-state index < -0.39 is 22.0 Å². The van der Waals surface area contributed by atoms with Gasteiger partial charge in [-0.05, 0) is 25.8 Å². The monoisotopic (exact) mass is 378 g/mol. The van der Waals surface area contributed by atoms with Crippen molar-refractivity contribution in [2.75, 3.05) is 12.3 Å². The summed E-state index contributed by atoms with van der Waals surface area (Å²) < 4.78 is 26.3. The zero-order chi connectivity index (χ0) is 19.0. The highest BCUT2D eigenvalue weighted by Crippen LogP contribution is 2.11. The second-order valence-corrected chi connectivity index (χ2v) is 8.67. The lowest BCUT2D eigenvalue weighted by Gasteiger charge is -2.14. The predicted molar refractivity (Wildman–Crippen MR) is 103 cm³/mol. The van der Waals surface area contributed by atoms with E-state index in [2.05, 4.69) is 11.6 Å². The number of aliphatic carboxylic acids is 1. The van der Waals surface area contributed by atoms with Crippen LogP contribution in [0.5, 0.6) is 0 Å². The van der Waals surface area contributed by atoms with Gasteiger partial charge in [-0.2, -0.15) is 0 Å². The SMILES string of the molecule is CCCCCCCCCCCCS(=O)(=O)N[C@@H](CCCCN)C(=O)O. The first-order valence-electron chi connectivity index (χ1n) is 9.85. The van der Waals surface area contributed by atoms with Gasteiger partial charge >= 0.3 is 5.97 Å². The standard InChI is InChI=1S/C18H38N2O4S/c1-2-3-4-5-6-7-8-9-10-13-16-25(23,24)20-17(18(21)22)14-11-12-15-19/h17,20H,2-16,19H2,1H3,(H,21,22)/t17-/m0/s1. The van der Waals surface area contributed by atoms with Crippen molar-refractivity contribution in [3.8, 4) is 0 Å². The molecule has 0 amide bonds. The summed E-state index contributed by atoms with van der Waals surface area (Å²) in [6, 6.07) is -1.04. The molecule has 0 aliphatic carbocycles. The van der Waals surface area contributed by atoms with Crippen LogP contribution < -0.4 is 10.5 Å². The lowest BCUT2D eigenvalue weighted by atomic mass is 10.1. The van der Waals surface area contributed by atoms with Gasteiger partial charge in [0.1, 0.15) is 6.04 Å². The van der Waals surface area contributed by atoms with Gasteiger partial charge in [-0.15, -0.1) is 0 Å². The van der Waals surface area contributed by atoms with Crippen molar-refractivity contribution in [1.82, 2.24) is 4.72 Å². The largest absolute Gasteiger partial charge is 0.480 e. The third-order valence-electron chi connectivity index (χ3n) is 4.33. The average molecular weight is 379 g/mol. The van der Waals surface area contributed by atoms with Crippen molar-refractivity contribution in [2.45, 2.75) is 96.4 Å². The van der Waals surface area contributed by atoms with Crippen LogP contribution in [0.3, 0.4) is 0 Å². The molecule has 4 N–H and O–H groups in total. The molecule has 0 heterocycles. The van der Waals surface area contributed by atoms with Crippen molar-refractivity contribution < 1.29 is 18.3 Å². The molecule has 0 bridgehead atoms. The van der Waals surface area contributed by atoms with E-state index in [1.807, 2.05) is 0 Å². The summed E-state index contributed by atoms with van der Waals surface area (Å²) in [5.41, 5.74) is 5.38. The minimum Gasteiger partial charge on any atom is -0.480 e. The van der Waals surface area contributed by atoms with Crippen LogP contribution in [0.2, 0.25) is 0 Å². The number of carbonyl (C=O) groups is 1. The molecule has 0 saturated heterocycles. The Morgan fingerprint density at radius 1 is 0.920 bits per heavy atom. The smallest absolute Gasteiger partial charge is 0.321 e. The number of rotatable bonds is 18. The maximum Gasteiger partial charge on any atom is 0.321 e. The number of nitrogens with two attached hydrogens (primary N) is 1. The molecule has 0 spiro atoms. The summed E-state index contributed by atoms with van der Waals surface area (Å²) in [5.74, 6) is -1.12. The summed E-state index contributed by atoms with van der Waals surface area (Å²) in [7, 11) is -3.53. The maximum atomic E-state index is 12.0. The first-order chi connectivity index (χ1) is 11.9. The van der Waals surface area contributed by atoms with Gasteiger partial charge in [0.2, 0.25) is 10.0 Å². The van der Waals surface area contributed by atoms with Crippen molar-refractivity contribution in [3.63, 3.8) is 0 Å². The van der Waals surface area contributed by atoms with E-state index in [0.717, 1.165) is 19.3 Å². The number of nitrogens with one attached hydrogen (secondary N) is 1. The molecular weight excluding hydrogens is 340 g/mol. The van der Waals surface area contributed by atoms with Gasteiger partial charge in [-0.25, -0.2) is 13.1 Å². The van der Waals surface area contributed by atoms with Crippen LogP contribution in [0.15, 0.2) is 0 Å². The number of unbranched alkanes of at least 4 members (excludes halogenated alkanes) is 10. The first kappa shape index (κ1) is 24.3. The van der Waals surface area contributed by atoms with Crippen molar-refractivity contribution in [1.29, 1.82) is 0 Å². The second-order valence-electron chi connectivity index (χ2n) is 6.79. The highest BCUT2D eigenvalue weighted by atomic mass is 32.2. The Balaban J connectivity index is 3.82. The number of carboxylic acid groups (broad SMARTS) is 1. The van der Waals surface area contributed by atoms with Crippen molar-refractivity contribution in [3.05, 3.63) is 0 Å². The molecule has 0 aromatic heterocycles. The van der Waals surface area contributed by atoms with Gasteiger partial charge in [0.25, 0.3) is 0 Å². The Bertz CT molecular complexity index is 427. The molecule has 25 heavy (non-hydrogen) atoms. The van der Waals surface area contributed by atoms with Crippen LogP contribution in [-0.4, -0.2) is 37.8 Å². The fraction of sp³-hybridized carbons (Fsp3) is 0.944. The molecule has 1 atom stereocenters. The Kier molecular flexibility index (Phi) is 15.2. The van der Waals surface area contributed by atoms with E-state index >= 15 is 0 Å². The summed E-state index contributed by atoms with van der Waals surface area (Å²) in [6.07, 6.45) is 12.9. The van der Waals surface area contributed by atoms with Crippen molar-refractivity contribution in [2.24, 2.45) is 5.73 Å². The van der Waals surface area contributed by atoms with Gasteiger partial charge < -0.3 is 10.8 Å². The second kappa shape index (κ2) is 15.6. The van der Waals surface area contributed by atoms with E-state index in [0.29, 0.717) is 25.8 Å². The zero-order valence-electron chi connectivity index (χ0n) is 15.8. The van der Waals surface area contributed by atoms with Crippen LogP contribution in [0.25, 0.3) is 0 Å². The molecule has 0 aromatic carbocycles. The highest BCUT2D eigenvalue weighted by molar-refractivity contribution is 7.89. The van der Waals surface area contributed by atoms with E-state index in [1.165, 1.54) is 38.5 Å². The minimum absolute atomic E-state index is 0.00414. The number of hydrogen-bond donors (Lipinski definition) is 3. The van der Waals surface area contributed by atoms with Gasteiger partial charge in [0, 0.05) is 0 Å². The van der Waals surface area contributed by atoms with E-state index in [1.54, 1.807) is 0 Å². The van der Waals surface area contributed by atoms with Crippen LogP contribution in [0.4, 0.5) is 0 Å². The van der Waals surface area contributed by atoms with Crippen LogP contribution in [-0.2, 0) is 14.8 Å². The Morgan fingerprint density at radius 3 is 1.92 bits per heavy atom. The Morgan fingerprint density at radius 2 is 1.44 bits per heavy atom. The van der Waals surface area contributed by atoms with Gasteiger partial charge in [-0.3, -0.25) is 4.79 Å². The average Bonchev–Trinajstić information content (AvgIpc) is 2.55. The van der Waals surface area contributed by atoms with Gasteiger partial charge in [-0.1, -0.05) is 71.1 Å². The van der Waals surface area contributed by atoms with Crippen LogP contribution in [0.1, 0.15) is 90.4 Å². The normalized spacial score (nSPS) is 13.0. The number of hydrogen-bond acceptors (Lipinski definition) is 4.